The summed E-state index contributed by atoms with van der Waals surface area (Å²) in [6.45, 7) is 0.446. The molecule has 0 spiro atoms. The highest BCUT2D eigenvalue weighted by Crippen LogP contribution is 2.22. The number of hydrogen-bond donors (Lipinski definition) is 1. The molecule has 0 aliphatic rings. The molecule has 0 fully saturated rings. The van der Waals surface area contributed by atoms with E-state index in [-0.39, 0.29) is 6.61 Å². The molecule has 20 heavy (non-hydrogen) atoms. The van der Waals surface area contributed by atoms with Crippen molar-refractivity contribution >= 4 is 10.9 Å². The van der Waals surface area contributed by atoms with E-state index in [9.17, 15) is 5.11 Å². The number of nitrogens with zero attached hydrogens (tertiary/aromatic N) is 1. The van der Waals surface area contributed by atoms with Crippen molar-refractivity contribution in [2.24, 2.45) is 0 Å². The van der Waals surface area contributed by atoms with E-state index in [2.05, 4.69) is 4.98 Å². The first kappa shape index (κ1) is 12.6. The van der Waals surface area contributed by atoms with Crippen molar-refractivity contribution in [2.45, 2.75) is 13.2 Å². The summed E-state index contributed by atoms with van der Waals surface area (Å²) in [5, 5.41) is 10.4. The van der Waals surface area contributed by atoms with Gasteiger partial charge >= 0.3 is 0 Å². The lowest BCUT2D eigenvalue weighted by atomic mass is 10.1. The van der Waals surface area contributed by atoms with Gasteiger partial charge in [0.05, 0.1) is 12.1 Å². The van der Waals surface area contributed by atoms with E-state index < -0.39 is 0 Å². The summed E-state index contributed by atoms with van der Waals surface area (Å²) < 4.78 is 5.72. The molecule has 0 saturated heterocycles. The first-order chi connectivity index (χ1) is 9.86. The number of hydrogen-bond acceptors (Lipinski definition) is 3. The first-order valence-electron chi connectivity index (χ1n) is 6.53. The Kier molecular flexibility index (Phi) is 3.61. The zero-order valence-electron chi connectivity index (χ0n) is 11.0. The van der Waals surface area contributed by atoms with Crippen LogP contribution in [0.4, 0.5) is 0 Å². The standard InChI is InChI=1S/C17H15NO2/c19-11-14-10-17(18-16-9-5-4-8-15(14)16)20-12-13-6-2-1-3-7-13/h1-10,19H,11-12H2. The van der Waals surface area contributed by atoms with Crippen LogP contribution >= 0.6 is 0 Å². The molecule has 2 aromatic carbocycles. The summed E-state index contributed by atoms with van der Waals surface area (Å²) in [5.74, 6) is 0.539. The molecular formula is C17H15NO2. The molecule has 0 aliphatic carbocycles. The van der Waals surface area contributed by atoms with Crippen LogP contribution in [-0.4, -0.2) is 10.1 Å². The molecule has 0 aliphatic heterocycles. The van der Waals surface area contributed by atoms with Crippen LogP contribution < -0.4 is 4.74 Å². The largest absolute Gasteiger partial charge is 0.473 e. The lowest BCUT2D eigenvalue weighted by molar-refractivity contribution is 0.277. The minimum atomic E-state index is -0.0231. The molecule has 0 atom stereocenters. The van der Waals surface area contributed by atoms with Crippen molar-refractivity contribution in [1.82, 2.24) is 4.98 Å². The molecule has 0 bridgehead atoms. The predicted molar refractivity (Wildman–Crippen MR) is 78.4 cm³/mol. The van der Waals surface area contributed by atoms with Crippen LogP contribution in [0.3, 0.4) is 0 Å². The third-order valence-electron chi connectivity index (χ3n) is 3.18. The lowest BCUT2D eigenvalue weighted by Gasteiger charge is -2.09. The van der Waals surface area contributed by atoms with E-state index in [0.717, 1.165) is 22.0 Å². The summed E-state index contributed by atoms with van der Waals surface area (Å²) in [4.78, 5) is 4.47. The van der Waals surface area contributed by atoms with Gasteiger partial charge in [-0.1, -0.05) is 48.5 Å². The molecule has 3 heteroatoms. The molecular weight excluding hydrogens is 250 g/mol. The van der Waals surface area contributed by atoms with Crippen LogP contribution in [0.2, 0.25) is 0 Å². The molecule has 0 radical (unpaired) electrons. The van der Waals surface area contributed by atoms with Crippen molar-refractivity contribution in [3.63, 3.8) is 0 Å². The zero-order valence-corrected chi connectivity index (χ0v) is 11.0. The molecule has 1 aromatic heterocycles. The van der Waals surface area contributed by atoms with Gasteiger partial charge in [-0.2, -0.15) is 0 Å². The van der Waals surface area contributed by atoms with Gasteiger partial charge in [0, 0.05) is 11.5 Å². The summed E-state index contributed by atoms with van der Waals surface area (Å²) >= 11 is 0. The van der Waals surface area contributed by atoms with Gasteiger partial charge in [-0.05, 0) is 17.2 Å². The van der Waals surface area contributed by atoms with E-state index in [1.54, 1.807) is 6.07 Å². The van der Waals surface area contributed by atoms with Crippen LogP contribution in [0, 0.1) is 0 Å². The molecule has 0 unspecified atom stereocenters. The zero-order chi connectivity index (χ0) is 13.8. The van der Waals surface area contributed by atoms with Crippen molar-refractivity contribution in [3.8, 4) is 5.88 Å². The van der Waals surface area contributed by atoms with Crippen LogP contribution in [0.25, 0.3) is 10.9 Å². The van der Waals surface area contributed by atoms with Gasteiger partial charge in [0.1, 0.15) is 6.61 Å². The summed E-state index contributed by atoms with van der Waals surface area (Å²) in [7, 11) is 0. The van der Waals surface area contributed by atoms with E-state index >= 15 is 0 Å². The SMILES string of the molecule is OCc1cc(OCc2ccccc2)nc2ccccc12. The molecule has 1 N–H and O–H groups in total. The highest BCUT2D eigenvalue weighted by molar-refractivity contribution is 5.82. The Morgan fingerprint density at radius 1 is 0.950 bits per heavy atom. The van der Waals surface area contributed by atoms with Crippen LogP contribution in [0.1, 0.15) is 11.1 Å². The Balaban J connectivity index is 1.88. The molecule has 1 heterocycles. The molecule has 0 saturated carbocycles. The maximum Gasteiger partial charge on any atom is 0.214 e. The Hall–Kier alpha value is -2.39. The third-order valence-corrected chi connectivity index (χ3v) is 3.18. The second kappa shape index (κ2) is 5.72. The van der Waals surface area contributed by atoms with Gasteiger partial charge in [-0.15, -0.1) is 0 Å². The first-order valence-corrected chi connectivity index (χ1v) is 6.53. The van der Waals surface area contributed by atoms with Crippen molar-refractivity contribution in [2.75, 3.05) is 0 Å². The molecule has 0 amide bonds. The number of fused-ring (bicyclic) bond motifs is 1. The fourth-order valence-corrected chi connectivity index (χ4v) is 2.16. The minimum absolute atomic E-state index is 0.0231. The van der Waals surface area contributed by atoms with Gasteiger partial charge in [-0.3, -0.25) is 0 Å². The van der Waals surface area contributed by atoms with Crippen molar-refractivity contribution < 1.29 is 9.84 Å². The van der Waals surface area contributed by atoms with Gasteiger partial charge in [0.2, 0.25) is 5.88 Å². The van der Waals surface area contributed by atoms with Crippen LogP contribution in [0.5, 0.6) is 5.88 Å². The number of aromatic nitrogens is 1. The highest BCUT2D eigenvalue weighted by Gasteiger charge is 2.05. The van der Waals surface area contributed by atoms with Crippen LogP contribution in [-0.2, 0) is 13.2 Å². The molecule has 3 aromatic rings. The highest BCUT2D eigenvalue weighted by atomic mass is 16.5. The maximum atomic E-state index is 9.46. The average Bonchev–Trinajstić information content (AvgIpc) is 2.53. The topological polar surface area (TPSA) is 42.4 Å². The second-order valence-corrected chi connectivity index (χ2v) is 4.57. The number of para-hydroxylation sites is 1. The normalized spacial score (nSPS) is 10.7. The Morgan fingerprint density at radius 2 is 1.70 bits per heavy atom. The predicted octanol–water partition coefficient (Wildman–Crippen LogP) is 3.31. The molecule has 100 valence electrons. The van der Waals surface area contributed by atoms with Gasteiger partial charge in [0.25, 0.3) is 0 Å². The number of pyridine rings is 1. The monoisotopic (exact) mass is 265 g/mol. The van der Waals surface area contributed by atoms with E-state index in [1.807, 2.05) is 54.6 Å². The van der Waals surface area contributed by atoms with Gasteiger partial charge in [-0.25, -0.2) is 4.98 Å². The Labute approximate surface area is 117 Å². The smallest absolute Gasteiger partial charge is 0.214 e. The lowest BCUT2D eigenvalue weighted by Crippen LogP contribution is -1.99. The summed E-state index contributed by atoms with van der Waals surface area (Å²) in [5.41, 5.74) is 2.76. The summed E-state index contributed by atoms with van der Waals surface area (Å²) in [6, 6.07) is 19.5. The van der Waals surface area contributed by atoms with E-state index in [0.29, 0.717) is 12.5 Å². The maximum absolute atomic E-state index is 9.46. The Bertz CT molecular complexity index is 711. The van der Waals surface area contributed by atoms with E-state index in [1.165, 1.54) is 0 Å². The average molecular weight is 265 g/mol. The van der Waals surface area contributed by atoms with Crippen LogP contribution in [0.15, 0.2) is 60.7 Å². The Morgan fingerprint density at radius 3 is 2.50 bits per heavy atom. The second-order valence-electron chi connectivity index (χ2n) is 4.57. The number of ether oxygens (including phenoxy) is 1. The molecule has 3 rings (SSSR count). The fourth-order valence-electron chi connectivity index (χ4n) is 2.16. The van der Waals surface area contributed by atoms with Crippen molar-refractivity contribution in [3.05, 3.63) is 71.8 Å². The van der Waals surface area contributed by atoms with E-state index in [4.69, 9.17) is 4.74 Å². The summed E-state index contributed by atoms with van der Waals surface area (Å²) in [6.07, 6.45) is 0. The fraction of sp³-hybridized carbons (Fsp3) is 0.118. The van der Waals surface area contributed by atoms with Crippen molar-refractivity contribution in [1.29, 1.82) is 0 Å². The minimum Gasteiger partial charge on any atom is -0.473 e. The van der Waals surface area contributed by atoms with Gasteiger partial charge in [0.15, 0.2) is 0 Å². The number of rotatable bonds is 4. The third kappa shape index (κ3) is 2.63. The number of benzene rings is 2. The quantitative estimate of drug-likeness (QED) is 0.787. The molecule has 3 nitrogen and oxygen atoms in total. The van der Waals surface area contributed by atoms with Gasteiger partial charge < -0.3 is 9.84 Å². The number of aliphatic hydroxyl groups excluding tert-OH is 1. The number of aliphatic hydroxyl groups is 1.